The first kappa shape index (κ1) is 20.5. The third-order valence-corrected chi connectivity index (χ3v) is 6.40. The average Bonchev–Trinajstić information content (AvgIpc) is 3.28. The summed E-state index contributed by atoms with van der Waals surface area (Å²) in [5.41, 5.74) is 0.471. The van der Waals surface area contributed by atoms with Gasteiger partial charge in [-0.05, 0) is 18.2 Å². The molecule has 0 atom stereocenters. The van der Waals surface area contributed by atoms with Crippen molar-refractivity contribution < 1.29 is 23.5 Å². The standard InChI is InChI=1S/C21H22FN3O4S/c22-16-4-2-1-3-15(16)17-5-6-18(30-17)19(26)23-7-9-24(10-8-23)20(27)21(28)25-11-13-29-14-12-25/h1-6H,7-14H2. The molecule has 0 N–H and O–H groups in total. The van der Waals surface area contributed by atoms with Crippen molar-refractivity contribution in [2.75, 3.05) is 52.5 Å². The first-order valence-electron chi connectivity index (χ1n) is 9.84. The Morgan fingerprint density at radius 3 is 2.07 bits per heavy atom. The van der Waals surface area contributed by atoms with Crippen LogP contribution in [0.3, 0.4) is 0 Å². The van der Waals surface area contributed by atoms with Crippen LogP contribution in [0, 0.1) is 5.82 Å². The van der Waals surface area contributed by atoms with Crippen molar-refractivity contribution in [1.29, 1.82) is 0 Å². The van der Waals surface area contributed by atoms with Crippen molar-refractivity contribution in [3.8, 4) is 10.4 Å². The summed E-state index contributed by atoms with van der Waals surface area (Å²) in [6, 6.07) is 9.92. The lowest BCUT2D eigenvalue weighted by Crippen LogP contribution is -2.55. The van der Waals surface area contributed by atoms with Gasteiger partial charge in [-0.3, -0.25) is 14.4 Å². The fraction of sp³-hybridized carbons (Fsp3) is 0.381. The Balaban J connectivity index is 1.35. The second kappa shape index (κ2) is 8.93. The third kappa shape index (κ3) is 4.22. The minimum atomic E-state index is -0.526. The number of benzene rings is 1. The molecule has 7 nitrogen and oxygen atoms in total. The van der Waals surface area contributed by atoms with Gasteiger partial charge in [0.1, 0.15) is 5.82 Å². The Bertz CT molecular complexity index is 949. The van der Waals surface area contributed by atoms with Crippen molar-refractivity contribution >= 4 is 29.1 Å². The van der Waals surface area contributed by atoms with Crippen LogP contribution in [0.15, 0.2) is 36.4 Å². The van der Waals surface area contributed by atoms with Crippen LogP contribution < -0.4 is 0 Å². The summed E-state index contributed by atoms with van der Waals surface area (Å²) in [6.45, 7) is 3.06. The third-order valence-electron chi connectivity index (χ3n) is 5.29. The number of halogens is 1. The number of hydrogen-bond donors (Lipinski definition) is 0. The number of morpholine rings is 1. The molecule has 2 aliphatic heterocycles. The number of carbonyl (C=O) groups is 3. The smallest absolute Gasteiger partial charge is 0.312 e. The van der Waals surface area contributed by atoms with E-state index in [0.29, 0.717) is 67.8 Å². The van der Waals surface area contributed by atoms with E-state index in [0.717, 1.165) is 0 Å². The first-order valence-corrected chi connectivity index (χ1v) is 10.7. The van der Waals surface area contributed by atoms with Crippen LogP contribution in [0.5, 0.6) is 0 Å². The Morgan fingerprint density at radius 1 is 0.800 bits per heavy atom. The highest BCUT2D eigenvalue weighted by Crippen LogP contribution is 2.30. The Morgan fingerprint density at radius 2 is 1.40 bits per heavy atom. The molecular formula is C21H22FN3O4S. The van der Waals surface area contributed by atoms with E-state index in [1.54, 1.807) is 35.2 Å². The summed E-state index contributed by atoms with van der Waals surface area (Å²) in [7, 11) is 0. The van der Waals surface area contributed by atoms with Crippen LogP contribution in [0.1, 0.15) is 9.67 Å². The monoisotopic (exact) mass is 431 g/mol. The van der Waals surface area contributed by atoms with Gasteiger partial charge < -0.3 is 19.4 Å². The molecule has 0 aliphatic carbocycles. The molecule has 0 unspecified atom stereocenters. The molecule has 2 aliphatic rings. The van der Waals surface area contributed by atoms with Gasteiger partial charge in [-0.1, -0.05) is 18.2 Å². The molecule has 2 fully saturated rings. The van der Waals surface area contributed by atoms with Crippen LogP contribution in [0.4, 0.5) is 4.39 Å². The number of nitrogens with zero attached hydrogens (tertiary/aromatic N) is 3. The number of piperazine rings is 1. The predicted molar refractivity (Wildman–Crippen MR) is 110 cm³/mol. The highest BCUT2D eigenvalue weighted by molar-refractivity contribution is 7.17. The lowest BCUT2D eigenvalue weighted by atomic mass is 10.2. The van der Waals surface area contributed by atoms with E-state index in [9.17, 15) is 18.8 Å². The summed E-state index contributed by atoms with van der Waals surface area (Å²) in [5.74, 6) is -1.50. The van der Waals surface area contributed by atoms with Gasteiger partial charge in [-0.2, -0.15) is 0 Å². The Kier molecular flexibility index (Phi) is 6.10. The molecule has 4 rings (SSSR count). The van der Waals surface area contributed by atoms with E-state index < -0.39 is 11.8 Å². The lowest BCUT2D eigenvalue weighted by molar-refractivity contribution is -0.154. The Labute approximate surface area is 177 Å². The summed E-state index contributed by atoms with van der Waals surface area (Å²) >= 11 is 1.25. The van der Waals surface area contributed by atoms with Crippen molar-refractivity contribution in [2.24, 2.45) is 0 Å². The normalized spacial score (nSPS) is 17.2. The maximum absolute atomic E-state index is 14.0. The second-order valence-corrected chi connectivity index (χ2v) is 8.22. The van der Waals surface area contributed by atoms with E-state index in [1.165, 1.54) is 27.2 Å². The summed E-state index contributed by atoms with van der Waals surface area (Å²) in [6.07, 6.45) is 0. The molecule has 0 radical (unpaired) electrons. The molecule has 158 valence electrons. The van der Waals surface area contributed by atoms with Crippen molar-refractivity contribution in [2.45, 2.75) is 0 Å². The molecule has 1 aromatic heterocycles. The van der Waals surface area contributed by atoms with Crippen LogP contribution in [0.25, 0.3) is 10.4 Å². The molecule has 3 amide bonds. The van der Waals surface area contributed by atoms with Crippen LogP contribution in [-0.4, -0.2) is 84.9 Å². The molecule has 0 spiro atoms. The van der Waals surface area contributed by atoms with Crippen molar-refractivity contribution in [3.05, 3.63) is 47.1 Å². The number of rotatable bonds is 2. The van der Waals surface area contributed by atoms with Gasteiger partial charge in [-0.15, -0.1) is 11.3 Å². The molecule has 9 heteroatoms. The predicted octanol–water partition coefficient (Wildman–Crippen LogP) is 1.70. The summed E-state index contributed by atoms with van der Waals surface area (Å²) in [4.78, 5) is 43.6. The van der Waals surface area contributed by atoms with Crippen molar-refractivity contribution in [1.82, 2.24) is 14.7 Å². The molecule has 0 bridgehead atoms. The fourth-order valence-electron chi connectivity index (χ4n) is 3.56. The first-order chi connectivity index (χ1) is 14.5. The summed E-state index contributed by atoms with van der Waals surface area (Å²) in [5, 5.41) is 0. The highest BCUT2D eigenvalue weighted by atomic mass is 32.1. The van der Waals surface area contributed by atoms with E-state index in [-0.39, 0.29) is 11.7 Å². The molecule has 2 aromatic rings. The number of hydrogen-bond acceptors (Lipinski definition) is 5. The van der Waals surface area contributed by atoms with Crippen LogP contribution >= 0.6 is 11.3 Å². The van der Waals surface area contributed by atoms with E-state index in [4.69, 9.17) is 4.74 Å². The van der Waals surface area contributed by atoms with Gasteiger partial charge in [0.25, 0.3) is 5.91 Å². The van der Waals surface area contributed by atoms with Gasteiger partial charge in [0.05, 0.1) is 18.1 Å². The number of amides is 3. The van der Waals surface area contributed by atoms with E-state index in [2.05, 4.69) is 0 Å². The Hall–Kier alpha value is -2.78. The number of carbonyl (C=O) groups excluding carboxylic acids is 3. The second-order valence-electron chi connectivity index (χ2n) is 7.13. The highest BCUT2D eigenvalue weighted by Gasteiger charge is 2.32. The fourth-order valence-corrected chi connectivity index (χ4v) is 4.57. The van der Waals surface area contributed by atoms with Gasteiger partial charge in [0, 0.05) is 49.7 Å². The number of ether oxygens (including phenoxy) is 1. The van der Waals surface area contributed by atoms with Gasteiger partial charge >= 0.3 is 11.8 Å². The maximum Gasteiger partial charge on any atom is 0.312 e. The minimum absolute atomic E-state index is 0.144. The average molecular weight is 431 g/mol. The quantitative estimate of drug-likeness (QED) is 0.679. The minimum Gasteiger partial charge on any atom is -0.378 e. The molecular weight excluding hydrogens is 409 g/mol. The van der Waals surface area contributed by atoms with Gasteiger partial charge in [0.2, 0.25) is 0 Å². The van der Waals surface area contributed by atoms with Crippen molar-refractivity contribution in [3.63, 3.8) is 0 Å². The van der Waals surface area contributed by atoms with Crippen LogP contribution in [0.2, 0.25) is 0 Å². The molecule has 3 heterocycles. The zero-order chi connectivity index (χ0) is 21.1. The van der Waals surface area contributed by atoms with Gasteiger partial charge in [-0.25, -0.2) is 4.39 Å². The summed E-state index contributed by atoms with van der Waals surface area (Å²) < 4.78 is 19.2. The largest absolute Gasteiger partial charge is 0.378 e. The zero-order valence-corrected chi connectivity index (χ0v) is 17.2. The molecule has 30 heavy (non-hydrogen) atoms. The molecule has 1 aromatic carbocycles. The lowest BCUT2D eigenvalue weighted by Gasteiger charge is -2.35. The van der Waals surface area contributed by atoms with E-state index in [1.807, 2.05) is 0 Å². The SMILES string of the molecule is O=C(C(=O)N1CCN(C(=O)c2ccc(-c3ccccc3F)s2)CC1)N1CCOCC1. The van der Waals surface area contributed by atoms with E-state index >= 15 is 0 Å². The molecule has 2 saturated heterocycles. The van der Waals surface area contributed by atoms with Gasteiger partial charge in [0.15, 0.2) is 0 Å². The maximum atomic E-state index is 14.0. The van der Waals surface area contributed by atoms with Crippen LogP contribution in [-0.2, 0) is 14.3 Å². The number of thiophene rings is 1. The molecule has 0 saturated carbocycles. The topological polar surface area (TPSA) is 70.2 Å². The zero-order valence-electron chi connectivity index (χ0n) is 16.4.